The molecule has 5 rings (SSSR count). The van der Waals surface area contributed by atoms with Gasteiger partial charge < -0.3 is 10.6 Å². The lowest BCUT2D eigenvalue weighted by molar-refractivity contribution is 0.262. The maximum atomic E-state index is 12.5. The van der Waals surface area contributed by atoms with Crippen molar-refractivity contribution in [2.45, 2.75) is 25.8 Å². The number of hydrogen-bond acceptors (Lipinski definition) is 8. The number of carbonyl (C=O) groups is 1. The third-order valence-electron chi connectivity index (χ3n) is 5.47. The summed E-state index contributed by atoms with van der Waals surface area (Å²) in [6, 6.07) is 9.74. The Kier molecular flexibility index (Phi) is 6.75. The van der Waals surface area contributed by atoms with Crippen LogP contribution in [0.15, 0.2) is 48.2 Å². The highest BCUT2D eigenvalue weighted by Crippen LogP contribution is 2.25. The lowest BCUT2D eigenvalue weighted by Crippen LogP contribution is -2.20. The predicted octanol–water partition coefficient (Wildman–Crippen LogP) is 5.04. The van der Waals surface area contributed by atoms with E-state index in [0.29, 0.717) is 5.13 Å². The largest absolute Gasteiger partial charge is 0.368 e. The average Bonchev–Trinajstić information content (AvgIpc) is 3.57. The van der Waals surface area contributed by atoms with Gasteiger partial charge in [0.25, 0.3) is 0 Å². The number of carbonyl (C=O) groups excluding carboxylic acids is 1. The normalized spacial score (nSPS) is 13.9. The number of likely N-dealkylation sites (tertiary alicyclic amines) is 1. The van der Waals surface area contributed by atoms with Crippen molar-refractivity contribution in [3.8, 4) is 0 Å². The number of urea groups is 1. The van der Waals surface area contributed by atoms with Crippen LogP contribution in [0.3, 0.4) is 0 Å². The Hall–Kier alpha value is -3.08. The first-order valence-electron chi connectivity index (χ1n) is 11.0. The minimum atomic E-state index is -0.284. The molecule has 0 aliphatic carbocycles. The smallest absolute Gasteiger partial charge is 0.325 e. The molecule has 0 saturated carbocycles. The van der Waals surface area contributed by atoms with Crippen molar-refractivity contribution in [1.29, 1.82) is 0 Å². The fraction of sp³-hybridized carbons (Fsp3) is 0.304. The molecule has 33 heavy (non-hydrogen) atoms. The van der Waals surface area contributed by atoms with E-state index < -0.39 is 0 Å². The second kappa shape index (κ2) is 10.2. The number of hydrogen-bond donors (Lipinski definition) is 3. The number of rotatable bonds is 8. The van der Waals surface area contributed by atoms with Crippen LogP contribution in [-0.4, -0.2) is 45.5 Å². The van der Waals surface area contributed by atoms with E-state index in [1.54, 1.807) is 23.9 Å². The van der Waals surface area contributed by atoms with Gasteiger partial charge in [0, 0.05) is 36.3 Å². The number of aromatic nitrogens is 3. The van der Waals surface area contributed by atoms with Crippen molar-refractivity contribution >= 4 is 55.6 Å². The first-order valence-corrected chi connectivity index (χ1v) is 12.7. The van der Waals surface area contributed by atoms with E-state index >= 15 is 0 Å². The summed E-state index contributed by atoms with van der Waals surface area (Å²) in [5, 5.41) is 11.7. The Morgan fingerprint density at radius 2 is 2.00 bits per heavy atom. The zero-order chi connectivity index (χ0) is 22.5. The number of thiophene rings is 1. The van der Waals surface area contributed by atoms with E-state index in [4.69, 9.17) is 0 Å². The molecule has 0 atom stereocenters. The van der Waals surface area contributed by atoms with Crippen molar-refractivity contribution in [2.24, 2.45) is 0 Å². The van der Waals surface area contributed by atoms with Crippen LogP contribution >= 0.6 is 22.7 Å². The van der Waals surface area contributed by atoms with Crippen molar-refractivity contribution in [2.75, 3.05) is 35.6 Å². The first-order chi connectivity index (χ1) is 16.2. The molecule has 0 unspecified atom stereocenters. The lowest BCUT2D eigenvalue weighted by Gasteiger charge is -2.15. The molecule has 1 saturated heterocycles. The van der Waals surface area contributed by atoms with Crippen LogP contribution in [0.1, 0.15) is 23.3 Å². The van der Waals surface area contributed by atoms with Gasteiger partial charge in [0.15, 0.2) is 5.13 Å². The number of benzene rings is 1. The van der Waals surface area contributed by atoms with Crippen LogP contribution in [-0.2, 0) is 13.0 Å². The van der Waals surface area contributed by atoms with Gasteiger partial charge in [-0.2, -0.15) is 0 Å². The van der Waals surface area contributed by atoms with Crippen molar-refractivity contribution < 1.29 is 4.79 Å². The number of thiazole rings is 1. The summed E-state index contributed by atoms with van der Waals surface area (Å²) in [6.07, 6.45) is 6.71. The summed E-state index contributed by atoms with van der Waals surface area (Å²) < 4.78 is 1.06. The quantitative estimate of drug-likeness (QED) is 0.328. The molecule has 10 heteroatoms. The maximum Gasteiger partial charge on any atom is 0.325 e. The van der Waals surface area contributed by atoms with Crippen LogP contribution in [0.5, 0.6) is 0 Å². The number of fused-ring (bicyclic) bond motifs is 1. The SMILES string of the molecule is O=C(Nc1cccc(CN2CCCC2)c1)Nc1ncc(CCNc2ncnc3ccsc23)s1. The Bertz CT molecular complexity index is 1230. The Morgan fingerprint density at radius 3 is 2.91 bits per heavy atom. The van der Waals surface area contributed by atoms with E-state index in [1.807, 2.05) is 29.6 Å². The maximum absolute atomic E-state index is 12.5. The topological polar surface area (TPSA) is 95.1 Å². The van der Waals surface area contributed by atoms with E-state index in [2.05, 4.69) is 41.9 Å². The second-order valence-corrected chi connectivity index (χ2v) is 9.96. The van der Waals surface area contributed by atoms with E-state index in [0.717, 1.165) is 59.2 Å². The molecule has 1 fully saturated rings. The van der Waals surface area contributed by atoms with Crippen molar-refractivity contribution in [3.05, 3.63) is 58.7 Å². The van der Waals surface area contributed by atoms with Gasteiger partial charge in [-0.05, 0) is 55.1 Å². The van der Waals surface area contributed by atoms with E-state index in [9.17, 15) is 4.79 Å². The number of amides is 2. The molecule has 0 radical (unpaired) electrons. The van der Waals surface area contributed by atoms with Gasteiger partial charge >= 0.3 is 6.03 Å². The Balaban J connectivity index is 1.11. The fourth-order valence-electron chi connectivity index (χ4n) is 3.91. The summed E-state index contributed by atoms with van der Waals surface area (Å²) in [5.74, 6) is 0.851. The summed E-state index contributed by atoms with van der Waals surface area (Å²) in [5.41, 5.74) is 2.95. The van der Waals surface area contributed by atoms with Crippen molar-refractivity contribution in [1.82, 2.24) is 19.9 Å². The molecule has 1 aliphatic heterocycles. The highest BCUT2D eigenvalue weighted by molar-refractivity contribution is 7.17. The van der Waals surface area contributed by atoms with Gasteiger partial charge in [-0.15, -0.1) is 22.7 Å². The van der Waals surface area contributed by atoms with E-state index in [-0.39, 0.29) is 6.03 Å². The van der Waals surface area contributed by atoms with Gasteiger partial charge in [-0.3, -0.25) is 10.2 Å². The molecule has 3 aromatic heterocycles. The standard InChI is InChI=1S/C23H25N7OS2/c31-22(28-17-5-3-4-16(12-17)14-30-9-1-2-10-30)29-23-25-13-18(33-23)6-8-24-21-20-19(7-11-32-20)26-15-27-21/h3-5,7,11-13,15H,1-2,6,8-10,14H2,(H,24,26,27)(H2,25,28,29,31). The molecular weight excluding hydrogens is 454 g/mol. The monoisotopic (exact) mass is 479 g/mol. The molecule has 1 aliphatic rings. The summed E-state index contributed by atoms with van der Waals surface area (Å²) in [4.78, 5) is 28.9. The Labute approximate surface area is 200 Å². The lowest BCUT2D eigenvalue weighted by atomic mass is 10.2. The van der Waals surface area contributed by atoms with Crippen LogP contribution in [0.4, 0.5) is 21.4 Å². The molecule has 0 spiro atoms. The second-order valence-electron chi connectivity index (χ2n) is 7.93. The summed E-state index contributed by atoms with van der Waals surface area (Å²) in [6.45, 7) is 3.95. The van der Waals surface area contributed by atoms with Gasteiger partial charge in [0.2, 0.25) is 0 Å². The molecule has 8 nitrogen and oxygen atoms in total. The third kappa shape index (κ3) is 5.65. The minimum Gasteiger partial charge on any atom is -0.368 e. The first kappa shape index (κ1) is 21.7. The molecule has 3 N–H and O–H groups in total. The number of nitrogens with one attached hydrogen (secondary N) is 3. The summed E-state index contributed by atoms with van der Waals surface area (Å²) >= 11 is 3.10. The minimum absolute atomic E-state index is 0.284. The number of anilines is 3. The van der Waals surface area contributed by atoms with Crippen LogP contribution in [0.2, 0.25) is 0 Å². The van der Waals surface area contributed by atoms with Crippen LogP contribution in [0.25, 0.3) is 10.2 Å². The third-order valence-corrected chi connectivity index (χ3v) is 7.35. The van der Waals surface area contributed by atoms with E-state index in [1.165, 1.54) is 29.7 Å². The molecule has 1 aromatic carbocycles. The summed E-state index contributed by atoms with van der Waals surface area (Å²) in [7, 11) is 0. The van der Waals surface area contributed by atoms with Crippen LogP contribution in [0, 0.1) is 0 Å². The van der Waals surface area contributed by atoms with Gasteiger partial charge in [0.05, 0.1) is 10.2 Å². The molecule has 2 amide bonds. The van der Waals surface area contributed by atoms with Gasteiger partial charge in [-0.1, -0.05) is 12.1 Å². The zero-order valence-corrected chi connectivity index (χ0v) is 19.7. The van der Waals surface area contributed by atoms with Crippen molar-refractivity contribution in [3.63, 3.8) is 0 Å². The fourth-order valence-corrected chi connectivity index (χ4v) is 5.52. The molecule has 170 valence electrons. The highest BCUT2D eigenvalue weighted by atomic mass is 32.1. The number of nitrogens with zero attached hydrogens (tertiary/aromatic N) is 4. The van der Waals surface area contributed by atoms with Crippen LogP contribution < -0.4 is 16.0 Å². The molecular formula is C23H25N7OS2. The van der Waals surface area contributed by atoms with Gasteiger partial charge in [0.1, 0.15) is 12.1 Å². The zero-order valence-electron chi connectivity index (χ0n) is 18.1. The predicted molar refractivity (Wildman–Crippen MR) is 135 cm³/mol. The molecule has 4 aromatic rings. The average molecular weight is 480 g/mol. The Morgan fingerprint density at radius 1 is 1.09 bits per heavy atom. The van der Waals surface area contributed by atoms with Gasteiger partial charge in [-0.25, -0.2) is 19.7 Å². The molecule has 0 bridgehead atoms. The molecule has 4 heterocycles. The highest BCUT2D eigenvalue weighted by Gasteiger charge is 2.13.